The molecular weight excluding hydrogens is 487 g/mol. The van der Waals surface area contributed by atoms with Crippen LogP contribution in [0.25, 0.3) is 21.5 Å². The van der Waals surface area contributed by atoms with Gasteiger partial charge in [-0.05, 0) is 84.0 Å². The standard InChI is InChI=1S/C34H35NS2/c1-6-24(5)28-19-17-25-13-9-11-15-29(25)33(28)36-27(7-2)21-23(4)22-32-35(8-3)31-20-18-26-14-10-12-16-30(26)34(31)37-32/h7,9-22,24H,6,8H2,1-5H3. The van der Waals surface area contributed by atoms with E-state index in [1.54, 1.807) is 0 Å². The fourth-order valence-electron chi connectivity index (χ4n) is 5.00. The minimum atomic E-state index is 0.527. The second kappa shape index (κ2) is 11.2. The summed E-state index contributed by atoms with van der Waals surface area (Å²) in [4.78, 5) is 6.48. The third-order valence-corrected chi connectivity index (χ3v) is 9.65. The van der Waals surface area contributed by atoms with Gasteiger partial charge in [0.25, 0.3) is 0 Å². The molecule has 4 aromatic rings. The van der Waals surface area contributed by atoms with E-state index >= 15 is 0 Å². The molecule has 1 aliphatic heterocycles. The van der Waals surface area contributed by atoms with E-state index in [-0.39, 0.29) is 0 Å². The Labute approximate surface area is 230 Å². The largest absolute Gasteiger partial charge is 0.335 e. The van der Waals surface area contributed by atoms with Gasteiger partial charge < -0.3 is 4.90 Å². The van der Waals surface area contributed by atoms with Gasteiger partial charge in [0.1, 0.15) is 0 Å². The van der Waals surface area contributed by atoms with Crippen LogP contribution in [0.2, 0.25) is 0 Å². The molecule has 1 aliphatic rings. The average Bonchev–Trinajstić information content (AvgIpc) is 3.29. The van der Waals surface area contributed by atoms with Crippen molar-refractivity contribution in [3.05, 3.63) is 112 Å². The van der Waals surface area contributed by atoms with Gasteiger partial charge in [-0.2, -0.15) is 0 Å². The molecule has 3 heteroatoms. The highest BCUT2D eigenvalue weighted by atomic mass is 32.2. The first kappa shape index (κ1) is 25.8. The quantitative estimate of drug-likeness (QED) is 0.176. The van der Waals surface area contributed by atoms with Crippen LogP contribution in [0.5, 0.6) is 0 Å². The number of hydrogen-bond acceptors (Lipinski definition) is 3. The molecule has 0 N–H and O–H groups in total. The monoisotopic (exact) mass is 521 g/mol. The molecule has 1 heterocycles. The molecule has 0 spiro atoms. The first-order valence-electron chi connectivity index (χ1n) is 13.3. The maximum absolute atomic E-state index is 2.44. The Bertz CT molecular complexity index is 1540. The molecule has 0 radical (unpaired) electrons. The Morgan fingerprint density at radius 3 is 2.30 bits per heavy atom. The minimum absolute atomic E-state index is 0.527. The van der Waals surface area contributed by atoms with Gasteiger partial charge in [0.2, 0.25) is 0 Å². The van der Waals surface area contributed by atoms with Crippen LogP contribution in [-0.2, 0) is 0 Å². The highest BCUT2D eigenvalue weighted by molar-refractivity contribution is 8.04. The molecule has 4 aromatic carbocycles. The van der Waals surface area contributed by atoms with Crippen molar-refractivity contribution in [2.75, 3.05) is 11.4 Å². The van der Waals surface area contributed by atoms with Crippen LogP contribution in [0.15, 0.2) is 116 Å². The number of fused-ring (bicyclic) bond motifs is 4. The summed E-state index contributed by atoms with van der Waals surface area (Å²) < 4.78 is 0. The lowest BCUT2D eigenvalue weighted by Crippen LogP contribution is -2.16. The van der Waals surface area contributed by atoms with Gasteiger partial charge in [-0.15, -0.1) is 0 Å². The third kappa shape index (κ3) is 5.12. The van der Waals surface area contributed by atoms with E-state index < -0.39 is 0 Å². The van der Waals surface area contributed by atoms with Crippen LogP contribution in [0.3, 0.4) is 0 Å². The van der Waals surface area contributed by atoms with E-state index in [0.717, 1.165) is 13.0 Å². The fraction of sp³-hybridized carbons (Fsp3) is 0.235. The van der Waals surface area contributed by atoms with E-state index in [0.29, 0.717) is 5.92 Å². The smallest absolute Gasteiger partial charge is 0.0804 e. The lowest BCUT2D eigenvalue weighted by molar-refractivity contribution is 0.722. The van der Waals surface area contributed by atoms with E-state index in [1.807, 2.05) is 23.5 Å². The van der Waals surface area contributed by atoms with Crippen molar-refractivity contribution in [2.45, 2.75) is 56.7 Å². The van der Waals surface area contributed by atoms with Crippen molar-refractivity contribution in [1.82, 2.24) is 0 Å². The number of thioether (sulfide) groups is 2. The lowest BCUT2D eigenvalue weighted by Gasteiger charge is -2.19. The summed E-state index contributed by atoms with van der Waals surface area (Å²) in [6.07, 6.45) is 8.08. The topological polar surface area (TPSA) is 3.24 Å². The molecule has 0 saturated heterocycles. The summed E-state index contributed by atoms with van der Waals surface area (Å²) in [6, 6.07) is 26.6. The first-order chi connectivity index (χ1) is 18.0. The molecule has 5 rings (SSSR count). The molecule has 188 valence electrons. The minimum Gasteiger partial charge on any atom is -0.335 e. The van der Waals surface area contributed by atoms with E-state index in [9.17, 15) is 0 Å². The van der Waals surface area contributed by atoms with Gasteiger partial charge in [-0.3, -0.25) is 0 Å². The zero-order chi connectivity index (χ0) is 25.9. The second-order valence-corrected chi connectivity index (χ2v) is 11.8. The zero-order valence-corrected chi connectivity index (χ0v) is 24.0. The lowest BCUT2D eigenvalue weighted by atomic mass is 9.96. The summed E-state index contributed by atoms with van der Waals surface area (Å²) >= 11 is 3.80. The summed E-state index contributed by atoms with van der Waals surface area (Å²) in [5.41, 5.74) is 4.03. The Balaban J connectivity index is 1.48. The number of anilines is 1. The molecule has 0 fully saturated rings. The number of allylic oxidation sites excluding steroid dienone is 4. The van der Waals surface area contributed by atoms with Crippen LogP contribution in [-0.4, -0.2) is 6.54 Å². The predicted octanol–water partition coefficient (Wildman–Crippen LogP) is 10.9. The van der Waals surface area contributed by atoms with Crippen LogP contribution in [0.1, 0.15) is 52.5 Å². The second-order valence-electron chi connectivity index (χ2n) is 9.66. The summed E-state index contributed by atoms with van der Waals surface area (Å²) in [6.45, 7) is 12.2. The van der Waals surface area contributed by atoms with Crippen LogP contribution in [0, 0.1) is 0 Å². The molecule has 1 atom stereocenters. The molecule has 1 unspecified atom stereocenters. The average molecular weight is 522 g/mol. The van der Waals surface area contributed by atoms with E-state index in [4.69, 9.17) is 0 Å². The van der Waals surface area contributed by atoms with Crippen LogP contribution >= 0.6 is 23.5 Å². The maximum Gasteiger partial charge on any atom is 0.0804 e. The van der Waals surface area contributed by atoms with Gasteiger partial charge in [0.05, 0.1) is 10.7 Å². The summed E-state index contributed by atoms with van der Waals surface area (Å²) in [5, 5.41) is 6.60. The number of nitrogens with zero attached hydrogens (tertiary/aromatic N) is 1. The van der Waals surface area contributed by atoms with Crippen molar-refractivity contribution in [3.8, 4) is 0 Å². The normalized spacial score (nSPS) is 16.1. The van der Waals surface area contributed by atoms with Crippen molar-refractivity contribution in [3.63, 3.8) is 0 Å². The van der Waals surface area contributed by atoms with Gasteiger partial charge in [0.15, 0.2) is 0 Å². The van der Waals surface area contributed by atoms with Crippen LogP contribution in [0.4, 0.5) is 5.69 Å². The van der Waals surface area contributed by atoms with Crippen molar-refractivity contribution < 1.29 is 0 Å². The Morgan fingerprint density at radius 1 is 0.919 bits per heavy atom. The fourth-order valence-corrected chi connectivity index (χ4v) is 7.65. The number of hydrogen-bond donors (Lipinski definition) is 0. The predicted molar refractivity (Wildman–Crippen MR) is 167 cm³/mol. The first-order valence-corrected chi connectivity index (χ1v) is 14.9. The van der Waals surface area contributed by atoms with Gasteiger partial charge in [-0.1, -0.05) is 110 Å². The molecule has 0 aromatic heterocycles. The molecule has 0 saturated carbocycles. The molecule has 0 aliphatic carbocycles. The molecule has 0 amide bonds. The highest BCUT2D eigenvalue weighted by Crippen LogP contribution is 2.49. The zero-order valence-electron chi connectivity index (χ0n) is 22.4. The van der Waals surface area contributed by atoms with E-state index in [1.165, 1.54) is 58.1 Å². The Hall–Kier alpha value is -2.88. The van der Waals surface area contributed by atoms with Gasteiger partial charge in [-0.25, -0.2) is 0 Å². The Kier molecular flexibility index (Phi) is 7.83. The number of benzene rings is 4. The number of rotatable bonds is 7. The summed E-state index contributed by atoms with van der Waals surface area (Å²) in [7, 11) is 0. The maximum atomic E-state index is 2.44. The van der Waals surface area contributed by atoms with Crippen molar-refractivity contribution in [1.29, 1.82) is 0 Å². The molecule has 0 bridgehead atoms. The van der Waals surface area contributed by atoms with Crippen molar-refractivity contribution in [2.24, 2.45) is 0 Å². The van der Waals surface area contributed by atoms with Gasteiger partial charge >= 0.3 is 0 Å². The van der Waals surface area contributed by atoms with Crippen LogP contribution < -0.4 is 4.90 Å². The summed E-state index contributed by atoms with van der Waals surface area (Å²) in [5.74, 6) is 0.527. The molecular formula is C34H35NS2. The van der Waals surface area contributed by atoms with E-state index in [2.05, 4.69) is 131 Å². The Morgan fingerprint density at radius 2 is 1.59 bits per heavy atom. The van der Waals surface area contributed by atoms with Crippen molar-refractivity contribution >= 4 is 50.8 Å². The third-order valence-electron chi connectivity index (χ3n) is 7.22. The molecule has 37 heavy (non-hydrogen) atoms. The molecule has 1 nitrogen and oxygen atoms in total. The highest BCUT2D eigenvalue weighted by Gasteiger charge is 2.25. The van der Waals surface area contributed by atoms with Gasteiger partial charge in [0, 0.05) is 21.2 Å². The SMILES string of the molecule is CC=C(C=C(C)C=C1Sc2c(ccc3ccccc23)N1CC)Sc1c(C(C)CC)ccc2ccccc12.